The summed E-state index contributed by atoms with van der Waals surface area (Å²) in [7, 11) is 0. The third-order valence-electron chi connectivity index (χ3n) is 8.28. The fourth-order valence-corrected chi connectivity index (χ4v) is 6.40. The summed E-state index contributed by atoms with van der Waals surface area (Å²) >= 11 is 0. The number of amides is 1. The molecule has 1 amide bonds. The standard InChI is InChI=1S/C26H34N6O7/c33-21(13-26(14-22(34)35)6-1-2-7-26)27-19-15-37-24-20(16-38-23(19)24)32-25(28-29-30-32)39-18-5-3-4-17(12-18)31-8-10-36-11-9-31/h3-5,12,19-20,23-24H,1-2,6-11,13-16H2,(H,27,33)(H,34,35)/t19-,20-,23+,24+/m0/s1. The maximum atomic E-state index is 13.0. The molecular formula is C26H34N6O7. The number of anilines is 1. The van der Waals surface area contributed by atoms with E-state index in [0.29, 0.717) is 32.2 Å². The number of rotatable bonds is 9. The average Bonchev–Trinajstić information content (AvgIpc) is 3.72. The number of nitrogens with one attached hydrogen (secondary N) is 1. The van der Waals surface area contributed by atoms with Gasteiger partial charge in [0.25, 0.3) is 0 Å². The van der Waals surface area contributed by atoms with Crippen LogP contribution >= 0.6 is 0 Å². The van der Waals surface area contributed by atoms with Crippen molar-refractivity contribution in [1.82, 2.24) is 25.5 Å². The van der Waals surface area contributed by atoms with Gasteiger partial charge in [0, 0.05) is 31.3 Å². The normalized spacial score (nSPS) is 27.8. The zero-order valence-corrected chi connectivity index (χ0v) is 21.7. The number of hydrogen-bond acceptors (Lipinski definition) is 10. The number of carbonyl (C=O) groups excluding carboxylic acids is 1. The molecule has 1 aromatic heterocycles. The molecule has 6 rings (SSSR count). The van der Waals surface area contributed by atoms with Crippen molar-refractivity contribution in [3.05, 3.63) is 24.3 Å². The van der Waals surface area contributed by atoms with E-state index in [1.54, 1.807) is 4.68 Å². The molecule has 1 saturated carbocycles. The Balaban J connectivity index is 1.09. The van der Waals surface area contributed by atoms with Crippen molar-refractivity contribution in [3.63, 3.8) is 0 Å². The molecule has 210 valence electrons. The van der Waals surface area contributed by atoms with Crippen molar-refractivity contribution in [2.75, 3.05) is 44.4 Å². The van der Waals surface area contributed by atoms with Crippen LogP contribution in [0, 0.1) is 5.41 Å². The molecule has 4 atom stereocenters. The molecular weight excluding hydrogens is 508 g/mol. The van der Waals surface area contributed by atoms with Gasteiger partial charge in [0.2, 0.25) is 5.91 Å². The highest BCUT2D eigenvalue weighted by Crippen LogP contribution is 2.44. The highest BCUT2D eigenvalue weighted by molar-refractivity contribution is 5.78. The van der Waals surface area contributed by atoms with Crippen LogP contribution in [0.1, 0.15) is 44.6 Å². The van der Waals surface area contributed by atoms with Crippen molar-refractivity contribution >= 4 is 17.6 Å². The summed E-state index contributed by atoms with van der Waals surface area (Å²) in [5.41, 5.74) is 0.575. The topological polar surface area (TPSA) is 150 Å². The molecule has 1 aromatic carbocycles. The molecule has 2 N–H and O–H groups in total. The smallest absolute Gasteiger partial charge is 0.341 e. The van der Waals surface area contributed by atoms with E-state index in [-0.39, 0.29) is 49.1 Å². The first-order valence-electron chi connectivity index (χ1n) is 13.6. The zero-order chi connectivity index (χ0) is 26.8. The van der Waals surface area contributed by atoms with Gasteiger partial charge in [-0.1, -0.05) is 24.0 Å². The van der Waals surface area contributed by atoms with Crippen molar-refractivity contribution in [3.8, 4) is 11.8 Å². The van der Waals surface area contributed by atoms with Gasteiger partial charge in [0.05, 0.1) is 38.9 Å². The van der Waals surface area contributed by atoms with Crippen LogP contribution in [0.4, 0.5) is 5.69 Å². The Kier molecular flexibility index (Phi) is 7.36. The van der Waals surface area contributed by atoms with E-state index in [0.717, 1.165) is 44.5 Å². The predicted molar refractivity (Wildman–Crippen MR) is 136 cm³/mol. The second-order valence-corrected chi connectivity index (χ2v) is 10.9. The molecule has 0 bridgehead atoms. The first kappa shape index (κ1) is 26.0. The molecule has 13 heteroatoms. The molecule has 4 heterocycles. The molecule has 0 spiro atoms. The zero-order valence-electron chi connectivity index (χ0n) is 21.7. The lowest BCUT2D eigenvalue weighted by molar-refractivity contribution is -0.140. The van der Waals surface area contributed by atoms with Crippen LogP contribution in [-0.2, 0) is 23.8 Å². The van der Waals surface area contributed by atoms with Gasteiger partial charge in [-0.15, -0.1) is 0 Å². The summed E-state index contributed by atoms with van der Waals surface area (Å²) in [5, 5.41) is 24.5. The number of carboxylic acids is 1. The molecule has 3 aliphatic heterocycles. The second-order valence-electron chi connectivity index (χ2n) is 10.9. The average molecular weight is 543 g/mol. The van der Waals surface area contributed by atoms with E-state index in [4.69, 9.17) is 18.9 Å². The largest absolute Gasteiger partial charge is 0.481 e. The van der Waals surface area contributed by atoms with E-state index < -0.39 is 11.4 Å². The third-order valence-corrected chi connectivity index (χ3v) is 8.28. The van der Waals surface area contributed by atoms with Gasteiger partial charge >= 0.3 is 12.0 Å². The van der Waals surface area contributed by atoms with Crippen LogP contribution < -0.4 is 15.0 Å². The quantitative estimate of drug-likeness (QED) is 0.475. The Morgan fingerprint density at radius 3 is 2.69 bits per heavy atom. The molecule has 4 fully saturated rings. The van der Waals surface area contributed by atoms with E-state index in [2.05, 4.69) is 25.7 Å². The van der Waals surface area contributed by atoms with Crippen LogP contribution in [0.5, 0.6) is 11.8 Å². The molecule has 13 nitrogen and oxygen atoms in total. The lowest BCUT2D eigenvalue weighted by atomic mass is 9.79. The number of aliphatic carboxylic acids is 1. The first-order chi connectivity index (χ1) is 19.0. The van der Waals surface area contributed by atoms with Gasteiger partial charge in [-0.25, -0.2) is 0 Å². The molecule has 2 aromatic rings. The number of carbonyl (C=O) groups is 2. The molecule has 4 aliphatic rings. The number of morpholine rings is 1. The lowest BCUT2D eigenvalue weighted by Gasteiger charge is -2.29. The van der Waals surface area contributed by atoms with Crippen LogP contribution in [0.2, 0.25) is 0 Å². The van der Waals surface area contributed by atoms with Gasteiger partial charge in [0.15, 0.2) is 0 Å². The third kappa shape index (κ3) is 5.56. The van der Waals surface area contributed by atoms with Crippen LogP contribution in [0.3, 0.4) is 0 Å². The van der Waals surface area contributed by atoms with Gasteiger partial charge in [0.1, 0.15) is 24.0 Å². The first-order valence-corrected chi connectivity index (χ1v) is 13.6. The Bertz CT molecular complexity index is 1180. The van der Waals surface area contributed by atoms with E-state index in [1.807, 2.05) is 24.3 Å². The van der Waals surface area contributed by atoms with E-state index in [9.17, 15) is 14.7 Å². The number of fused-ring (bicyclic) bond motifs is 1. The summed E-state index contributed by atoms with van der Waals surface area (Å²) < 4.78 is 25.3. The minimum Gasteiger partial charge on any atom is -0.481 e. The number of hydrogen-bond donors (Lipinski definition) is 2. The molecule has 1 aliphatic carbocycles. The molecule has 0 radical (unpaired) electrons. The fourth-order valence-electron chi connectivity index (χ4n) is 6.40. The Hall–Kier alpha value is -3.29. The monoisotopic (exact) mass is 542 g/mol. The molecule has 0 unspecified atom stereocenters. The number of tetrazole rings is 1. The summed E-state index contributed by atoms with van der Waals surface area (Å²) in [6.07, 6.45) is 2.92. The number of ether oxygens (including phenoxy) is 4. The summed E-state index contributed by atoms with van der Waals surface area (Å²) in [5.74, 6) is -0.403. The number of carboxylic acid groups (broad SMARTS) is 1. The number of benzene rings is 1. The maximum absolute atomic E-state index is 13.0. The van der Waals surface area contributed by atoms with E-state index >= 15 is 0 Å². The summed E-state index contributed by atoms with van der Waals surface area (Å²) in [6.45, 7) is 3.62. The number of nitrogens with zero attached hydrogens (tertiary/aromatic N) is 5. The van der Waals surface area contributed by atoms with Gasteiger partial charge in [-0.2, -0.15) is 4.68 Å². The Labute approximate surface area is 225 Å². The minimum absolute atomic E-state index is 0.0175. The highest BCUT2D eigenvalue weighted by Gasteiger charge is 2.50. The summed E-state index contributed by atoms with van der Waals surface area (Å²) in [6, 6.07) is 7.36. The maximum Gasteiger partial charge on any atom is 0.341 e. The SMILES string of the molecule is O=C(O)CC1(CC(=O)N[C@H]2CO[C@H]3[C@@H]2OC[C@@H]3n2nnnc2Oc2cccc(N3CCOCC3)c2)CCCC1. The van der Waals surface area contributed by atoms with Crippen LogP contribution in [0.15, 0.2) is 24.3 Å². The Morgan fingerprint density at radius 1 is 1.10 bits per heavy atom. The van der Waals surface area contributed by atoms with Crippen molar-refractivity contribution in [2.45, 2.75) is 62.8 Å². The van der Waals surface area contributed by atoms with Crippen molar-refractivity contribution < 1.29 is 33.6 Å². The van der Waals surface area contributed by atoms with Gasteiger partial charge < -0.3 is 34.3 Å². The van der Waals surface area contributed by atoms with Crippen molar-refractivity contribution in [2.24, 2.45) is 5.41 Å². The second kappa shape index (κ2) is 11.1. The van der Waals surface area contributed by atoms with Crippen molar-refractivity contribution in [1.29, 1.82) is 0 Å². The predicted octanol–water partition coefficient (Wildman–Crippen LogP) is 1.55. The molecule has 39 heavy (non-hydrogen) atoms. The number of aromatic nitrogens is 4. The Morgan fingerprint density at radius 2 is 1.90 bits per heavy atom. The molecule has 3 saturated heterocycles. The van der Waals surface area contributed by atoms with E-state index in [1.165, 1.54) is 0 Å². The summed E-state index contributed by atoms with van der Waals surface area (Å²) in [4.78, 5) is 26.6. The highest BCUT2D eigenvalue weighted by atomic mass is 16.6. The fraction of sp³-hybridized carbons (Fsp3) is 0.654. The van der Waals surface area contributed by atoms with Crippen LogP contribution in [-0.4, -0.2) is 95.0 Å². The van der Waals surface area contributed by atoms with Gasteiger partial charge in [-0.05, 0) is 40.8 Å². The lowest BCUT2D eigenvalue weighted by Crippen LogP contribution is -2.45. The van der Waals surface area contributed by atoms with Crippen LogP contribution in [0.25, 0.3) is 0 Å². The van der Waals surface area contributed by atoms with Gasteiger partial charge in [-0.3, -0.25) is 9.59 Å². The minimum atomic E-state index is -0.858.